The fraction of sp³-hybridized carbons (Fsp3) is 0.619. The number of rotatable bonds is 6. The molecule has 2 fully saturated rings. The Morgan fingerprint density at radius 3 is 2.32 bits per heavy atom. The van der Waals surface area contributed by atoms with Crippen LogP contribution >= 0.6 is 0 Å². The SMILES string of the molecule is CC(NC(=O)c1cc(S(=O)(=O)N(C)C)ccc1N1CCCCC1)C(=O)N1CCOCC1. The summed E-state index contributed by atoms with van der Waals surface area (Å²) >= 11 is 0. The zero-order chi connectivity index (χ0) is 22.6. The predicted molar refractivity (Wildman–Crippen MR) is 118 cm³/mol. The van der Waals surface area contributed by atoms with E-state index in [1.165, 1.54) is 20.2 Å². The van der Waals surface area contributed by atoms with Gasteiger partial charge in [-0.2, -0.15) is 0 Å². The lowest BCUT2D eigenvalue weighted by molar-refractivity contribution is -0.136. The summed E-state index contributed by atoms with van der Waals surface area (Å²) in [6.07, 6.45) is 3.17. The molecule has 2 aliphatic rings. The average Bonchev–Trinajstić information content (AvgIpc) is 2.79. The number of anilines is 1. The van der Waals surface area contributed by atoms with Gasteiger partial charge in [0, 0.05) is 46.0 Å². The molecule has 10 heteroatoms. The second-order valence-electron chi connectivity index (χ2n) is 8.15. The lowest BCUT2D eigenvalue weighted by Crippen LogP contribution is -2.50. The van der Waals surface area contributed by atoms with Gasteiger partial charge in [-0.05, 0) is 44.4 Å². The van der Waals surface area contributed by atoms with Crippen LogP contribution in [0.3, 0.4) is 0 Å². The minimum Gasteiger partial charge on any atom is -0.378 e. The van der Waals surface area contributed by atoms with E-state index in [9.17, 15) is 18.0 Å². The molecule has 3 rings (SSSR count). The van der Waals surface area contributed by atoms with Gasteiger partial charge in [-0.1, -0.05) is 0 Å². The molecule has 1 atom stereocenters. The fourth-order valence-electron chi connectivity index (χ4n) is 3.87. The molecule has 0 spiro atoms. The first-order chi connectivity index (χ1) is 14.7. The number of hydrogen-bond donors (Lipinski definition) is 1. The molecule has 2 heterocycles. The van der Waals surface area contributed by atoms with E-state index in [4.69, 9.17) is 4.74 Å². The molecule has 0 aliphatic carbocycles. The van der Waals surface area contributed by atoms with Crippen LogP contribution in [0, 0.1) is 0 Å². The van der Waals surface area contributed by atoms with Gasteiger partial charge >= 0.3 is 0 Å². The molecule has 0 bridgehead atoms. The summed E-state index contributed by atoms with van der Waals surface area (Å²) in [5.74, 6) is -0.626. The highest BCUT2D eigenvalue weighted by Gasteiger charge is 2.28. The van der Waals surface area contributed by atoms with Crippen molar-refractivity contribution in [3.05, 3.63) is 23.8 Å². The standard InChI is InChI=1S/C21H32N4O5S/c1-16(21(27)25-11-13-30-14-12-25)22-20(26)18-15-17(31(28,29)23(2)3)7-8-19(18)24-9-5-4-6-10-24/h7-8,15-16H,4-6,9-14H2,1-3H3,(H,22,26). The summed E-state index contributed by atoms with van der Waals surface area (Å²) in [5, 5.41) is 2.77. The van der Waals surface area contributed by atoms with Crippen molar-refractivity contribution in [2.45, 2.75) is 37.1 Å². The van der Waals surface area contributed by atoms with Gasteiger partial charge in [-0.15, -0.1) is 0 Å². The van der Waals surface area contributed by atoms with E-state index in [1.807, 2.05) is 0 Å². The van der Waals surface area contributed by atoms with Crippen molar-refractivity contribution in [1.29, 1.82) is 0 Å². The number of sulfonamides is 1. The lowest BCUT2D eigenvalue weighted by atomic mass is 10.1. The lowest BCUT2D eigenvalue weighted by Gasteiger charge is -2.31. The van der Waals surface area contributed by atoms with Gasteiger partial charge in [-0.3, -0.25) is 9.59 Å². The van der Waals surface area contributed by atoms with Crippen molar-refractivity contribution >= 4 is 27.5 Å². The monoisotopic (exact) mass is 452 g/mol. The number of hydrogen-bond acceptors (Lipinski definition) is 6. The molecule has 1 aromatic carbocycles. The summed E-state index contributed by atoms with van der Waals surface area (Å²) in [5.41, 5.74) is 0.965. The Kier molecular flexibility index (Phi) is 7.55. The number of nitrogens with one attached hydrogen (secondary N) is 1. The highest BCUT2D eigenvalue weighted by Crippen LogP contribution is 2.28. The molecule has 0 saturated carbocycles. The van der Waals surface area contributed by atoms with Crippen LogP contribution in [0.5, 0.6) is 0 Å². The zero-order valence-electron chi connectivity index (χ0n) is 18.5. The van der Waals surface area contributed by atoms with E-state index >= 15 is 0 Å². The molecule has 172 valence electrons. The number of amides is 2. The number of morpholine rings is 1. The molecular weight excluding hydrogens is 420 g/mol. The zero-order valence-corrected chi connectivity index (χ0v) is 19.3. The highest BCUT2D eigenvalue weighted by atomic mass is 32.2. The normalized spacial score (nSPS) is 18.7. The topological polar surface area (TPSA) is 99.3 Å². The number of carbonyl (C=O) groups is 2. The van der Waals surface area contributed by atoms with E-state index < -0.39 is 22.0 Å². The summed E-state index contributed by atoms with van der Waals surface area (Å²) in [7, 11) is -0.786. The largest absolute Gasteiger partial charge is 0.378 e. The molecule has 9 nitrogen and oxygen atoms in total. The Labute approximate surface area is 184 Å². The van der Waals surface area contributed by atoms with Gasteiger partial charge in [0.25, 0.3) is 5.91 Å². The summed E-state index contributed by atoms with van der Waals surface area (Å²) < 4.78 is 31.7. The second-order valence-corrected chi connectivity index (χ2v) is 10.3. The van der Waals surface area contributed by atoms with Crippen molar-refractivity contribution in [3.63, 3.8) is 0 Å². The van der Waals surface area contributed by atoms with Gasteiger partial charge < -0.3 is 19.9 Å². The maximum atomic E-state index is 13.2. The molecule has 1 unspecified atom stereocenters. The number of ether oxygens (including phenoxy) is 1. The van der Waals surface area contributed by atoms with Gasteiger partial charge in [0.05, 0.1) is 23.7 Å². The Morgan fingerprint density at radius 2 is 1.71 bits per heavy atom. The van der Waals surface area contributed by atoms with Crippen molar-refractivity contribution in [2.75, 3.05) is 58.4 Å². The number of nitrogens with zero attached hydrogens (tertiary/aromatic N) is 3. The number of carbonyl (C=O) groups excluding carboxylic acids is 2. The van der Waals surface area contributed by atoms with Gasteiger partial charge in [0.15, 0.2) is 0 Å². The van der Waals surface area contributed by atoms with Crippen molar-refractivity contribution in [2.24, 2.45) is 0 Å². The van der Waals surface area contributed by atoms with E-state index in [-0.39, 0.29) is 16.4 Å². The first-order valence-electron chi connectivity index (χ1n) is 10.7. The third-order valence-electron chi connectivity index (χ3n) is 5.73. The van der Waals surface area contributed by atoms with Crippen LogP contribution in [0.2, 0.25) is 0 Å². The first kappa shape index (κ1) is 23.5. The minimum absolute atomic E-state index is 0.0515. The van der Waals surface area contributed by atoms with E-state index in [2.05, 4.69) is 10.2 Å². The molecular formula is C21H32N4O5S. The Hall–Kier alpha value is -2.17. The highest BCUT2D eigenvalue weighted by molar-refractivity contribution is 7.89. The maximum Gasteiger partial charge on any atom is 0.254 e. The van der Waals surface area contributed by atoms with Gasteiger partial charge in [-0.25, -0.2) is 12.7 Å². The molecule has 0 radical (unpaired) electrons. The smallest absolute Gasteiger partial charge is 0.254 e. The molecule has 2 aliphatic heterocycles. The summed E-state index contributed by atoms with van der Waals surface area (Å²) in [6, 6.07) is 3.93. The molecule has 1 N–H and O–H groups in total. The first-order valence-corrected chi connectivity index (χ1v) is 12.1. The average molecular weight is 453 g/mol. The van der Waals surface area contributed by atoms with Crippen molar-refractivity contribution in [3.8, 4) is 0 Å². The van der Waals surface area contributed by atoms with Crippen LogP contribution in [0.25, 0.3) is 0 Å². The predicted octanol–water partition coefficient (Wildman–Crippen LogP) is 0.904. The Morgan fingerprint density at radius 1 is 1.06 bits per heavy atom. The van der Waals surface area contributed by atoms with Gasteiger partial charge in [0.2, 0.25) is 15.9 Å². The maximum absolute atomic E-state index is 13.2. The van der Waals surface area contributed by atoms with Crippen LogP contribution in [0.4, 0.5) is 5.69 Å². The van der Waals surface area contributed by atoms with Crippen LogP contribution in [-0.2, 0) is 19.6 Å². The van der Waals surface area contributed by atoms with E-state index in [0.29, 0.717) is 32.0 Å². The van der Waals surface area contributed by atoms with Crippen molar-refractivity contribution < 1.29 is 22.7 Å². The minimum atomic E-state index is -3.70. The number of piperidine rings is 1. The third kappa shape index (κ3) is 5.36. The van der Waals surface area contributed by atoms with Crippen LogP contribution in [0.1, 0.15) is 36.5 Å². The van der Waals surface area contributed by atoms with E-state index in [0.717, 1.165) is 36.7 Å². The van der Waals surface area contributed by atoms with Crippen LogP contribution < -0.4 is 10.2 Å². The van der Waals surface area contributed by atoms with E-state index in [1.54, 1.807) is 24.0 Å². The molecule has 31 heavy (non-hydrogen) atoms. The molecule has 2 saturated heterocycles. The van der Waals surface area contributed by atoms with Gasteiger partial charge in [0.1, 0.15) is 6.04 Å². The quantitative estimate of drug-likeness (QED) is 0.689. The Bertz CT molecular complexity index is 906. The van der Waals surface area contributed by atoms with Crippen LogP contribution in [-0.4, -0.2) is 89.0 Å². The molecule has 2 amide bonds. The molecule has 0 aromatic heterocycles. The summed E-state index contributed by atoms with van der Waals surface area (Å²) in [4.78, 5) is 29.8. The number of benzene rings is 1. The third-order valence-corrected chi connectivity index (χ3v) is 7.54. The second kappa shape index (κ2) is 9.97. The van der Waals surface area contributed by atoms with Crippen LogP contribution in [0.15, 0.2) is 23.1 Å². The molecule has 1 aromatic rings. The summed E-state index contributed by atoms with van der Waals surface area (Å²) in [6.45, 7) is 5.22. The Balaban J connectivity index is 1.88. The fourth-order valence-corrected chi connectivity index (χ4v) is 4.80. The van der Waals surface area contributed by atoms with Crippen molar-refractivity contribution in [1.82, 2.24) is 14.5 Å².